The molecule has 2 N–H and O–H groups in total. The van der Waals surface area contributed by atoms with Crippen molar-refractivity contribution in [3.05, 3.63) is 35.9 Å². The number of hydrogen-bond acceptors (Lipinski definition) is 3. The standard InChI is InChI=1S/C9H12N4/c1-11-9(12-13(2)10)8-6-4-3-5-7-8/h3-7H,1,10H2,2H3/b12-9-. The van der Waals surface area contributed by atoms with Crippen molar-refractivity contribution >= 4 is 12.6 Å². The lowest BCUT2D eigenvalue weighted by Crippen LogP contribution is -2.21. The van der Waals surface area contributed by atoms with Crippen LogP contribution < -0.4 is 5.84 Å². The molecule has 0 aliphatic carbocycles. The van der Waals surface area contributed by atoms with Crippen LogP contribution in [0.4, 0.5) is 0 Å². The van der Waals surface area contributed by atoms with Crippen LogP contribution in [0.3, 0.4) is 0 Å². The van der Waals surface area contributed by atoms with E-state index in [2.05, 4.69) is 16.8 Å². The molecule has 0 heterocycles. The SMILES string of the molecule is C=N/C(=N\N(C)N)c1ccccc1. The maximum absolute atomic E-state index is 5.36. The Balaban J connectivity index is 2.98. The average molecular weight is 176 g/mol. The van der Waals surface area contributed by atoms with Gasteiger partial charge in [0.05, 0.1) is 0 Å². The molecule has 0 aliphatic rings. The van der Waals surface area contributed by atoms with Gasteiger partial charge in [0.15, 0.2) is 5.84 Å². The van der Waals surface area contributed by atoms with E-state index in [1.807, 2.05) is 30.3 Å². The van der Waals surface area contributed by atoms with Crippen LogP contribution in [-0.4, -0.2) is 24.7 Å². The second kappa shape index (κ2) is 4.37. The number of aliphatic imine (C=N–C) groups is 1. The number of rotatable bonds is 2. The Morgan fingerprint density at radius 2 is 2.00 bits per heavy atom. The van der Waals surface area contributed by atoms with Gasteiger partial charge in [0, 0.05) is 12.6 Å². The van der Waals surface area contributed by atoms with Crippen molar-refractivity contribution in [2.24, 2.45) is 15.9 Å². The zero-order chi connectivity index (χ0) is 9.68. The highest BCUT2D eigenvalue weighted by Crippen LogP contribution is 2.01. The summed E-state index contributed by atoms with van der Waals surface area (Å²) < 4.78 is 0. The fourth-order valence-electron chi connectivity index (χ4n) is 0.917. The summed E-state index contributed by atoms with van der Waals surface area (Å²) in [7, 11) is 1.63. The summed E-state index contributed by atoms with van der Waals surface area (Å²) in [6, 6.07) is 9.55. The predicted molar refractivity (Wildman–Crippen MR) is 54.5 cm³/mol. The van der Waals surface area contributed by atoms with Crippen molar-refractivity contribution in [2.75, 3.05) is 7.05 Å². The highest BCUT2D eigenvalue weighted by molar-refractivity contribution is 6.01. The molecule has 0 saturated carbocycles. The quantitative estimate of drug-likeness (QED) is 0.314. The van der Waals surface area contributed by atoms with E-state index >= 15 is 0 Å². The Morgan fingerprint density at radius 1 is 1.38 bits per heavy atom. The number of nitrogens with two attached hydrogens (primary N) is 1. The number of hydrazone groups is 1. The van der Waals surface area contributed by atoms with Gasteiger partial charge in [-0.3, -0.25) is 0 Å². The summed E-state index contributed by atoms with van der Waals surface area (Å²) in [5.41, 5.74) is 0.898. The van der Waals surface area contributed by atoms with Gasteiger partial charge in [-0.2, -0.15) is 0 Å². The molecule has 0 amide bonds. The van der Waals surface area contributed by atoms with Gasteiger partial charge in [-0.1, -0.05) is 30.3 Å². The maximum atomic E-state index is 5.36. The minimum atomic E-state index is 0.519. The lowest BCUT2D eigenvalue weighted by atomic mass is 10.2. The van der Waals surface area contributed by atoms with Crippen molar-refractivity contribution < 1.29 is 0 Å². The normalized spacial score (nSPS) is 11.1. The summed E-state index contributed by atoms with van der Waals surface area (Å²) in [6.07, 6.45) is 0. The van der Waals surface area contributed by atoms with E-state index < -0.39 is 0 Å². The van der Waals surface area contributed by atoms with Crippen molar-refractivity contribution in [3.63, 3.8) is 0 Å². The molecule has 1 aromatic rings. The predicted octanol–water partition coefficient (Wildman–Crippen LogP) is 0.854. The maximum Gasteiger partial charge on any atom is 0.180 e. The zero-order valence-electron chi connectivity index (χ0n) is 7.51. The highest BCUT2D eigenvalue weighted by atomic mass is 15.6. The second-order valence-corrected chi connectivity index (χ2v) is 2.52. The molecule has 4 heteroatoms. The number of hydrazine groups is 1. The summed E-state index contributed by atoms with van der Waals surface area (Å²) in [5, 5.41) is 5.17. The number of hydrogen-bond donors (Lipinski definition) is 1. The molecule has 0 radical (unpaired) electrons. The topological polar surface area (TPSA) is 54.0 Å². The average Bonchev–Trinajstić information content (AvgIpc) is 2.15. The Kier molecular flexibility index (Phi) is 3.16. The van der Waals surface area contributed by atoms with Gasteiger partial charge in [-0.25, -0.2) is 16.0 Å². The van der Waals surface area contributed by atoms with Gasteiger partial charge in [0.25, 0.3) is 0 Å². The molecular weight excluding hydrogens is 164 g/mol. The van der Waals surface area contributed by atoms with E-state index in [0.29, 0.717) is 5.84 Å². The Bertz CT molecular complexity index is 303. The Hall–Kier alpha value is -1.68. The molecule has 1 rings (SSSR count). The molecule has 1 aromatic carbocycles. The van der Waals surface area contributed by atoms with Gasteiger partial charge in [-0.15, -0.1) is 5.10 Å². The van der Waals surface area contributed by atoms with Gasteiger partial charge in [-0.05, 0) is 6.72 Å². The Labute approximate surface area is 77.4 Å². The first kappa shape index (κ1) is 9.41. The van der Waals surface area contributed by atoms with Gasteiger partial charge in [0.2, 0.25) is 0 Å². The monoisotopic (exact) mass is 176 g/mol. The van der Waals surface area contributed by atoms with Crippen molar-refractivity contribution in [1.29, 1.82) is 0 Å². The number of nitrogens with zero attached hydrogens (tertiary/aromatic N) is 3. The van der Waals surface area contributed by atoms with Crippen LogP contribution in [0.1, 0.15) is 5.56 Å². The van der Waals surface area contributed by atoms with Gasteiger partial charge in [0.1, 0.15) is 0 Å². The molecule has 0 aliphatic heterocycles. The summed E-state index contributed by atoms with van der Waals surface area (Å²) in [6.45, 7) is 3.43. The van der Waals surface area contributed by atoms with Crippen LogP contribution >= 0.6 is 0 Å². The fourth-order valence-corrected chi connectivity index (χ4v) is 0.917. The molecule has 0 spiro atoms. The van der Waals surface area contributed by atoms with E-state index in [-0.39, 0.29) is 0 Å². The number of benzene rings is 1. The van der Waals surface area contributed by atoms with E-state index in [9.17, 15) is 0 Å². The van der Waals surface area contributed by atoms with Crippen LogP contribution in [0.5, 0.6) is 0 Å². The van der Waals surface area contributed by atoms with Crippen LogP contribution in [0, 0.1) is 0 Å². The molecular formula is C9H12N4. The van der Waals surface area contributed by atoms with Crippen LogP contribution in [0.15, 0.2) is 40.4 Å². The summed E-state index contributed by atoms with van der Waals surface area (Å²) in [5.74, 6) is 5.88. The third kappa shape index (κ3) is 2.68. The smallest absolute Gasteiger partial charge is 0.180 e. The molecule has 13 heavy (non-hydrogen) atoms. The molecule has 4 nitrogen and oxygen atoms in total. The van der Waals surface area contributed by atoms with E-state index in [1.165, 1.54) is 5.12 Å². The van der Waals surface area contributed by atoms with Gasteiger partial charge < -0.3 is 0 Å². The third-order valence-corrected chi connectivity index (χ3v) is 1.43. The summed E-state index contributed by atoms with van der Waals surface area (Å²) >= 11 is 0. The van der Waals surface area contributed by atoms with E-state index in [1.54, 1.807) is 7.05 Å². The van der Waals surface area contributed by atoms with Crippen LogP contribution in [-0.2, 0) is 0 Å². The van der Waals surface area contributed by atoms with Crippen molar-refractivity contribution in [2.45, 2.75) is 0 Å². The first-order valence-electron chi connectivity index (χ1n) is 3.83. The van der Waals surface area contributed by atoms with E-state index in [0.717, 1.165) is 5.56 Å². The lowest BCUT2D eigenvalue weighted by Gasteiger charge is -2.05. The zero-order valence-corrected chi connectivity index (χ0v) is 7.51. The van der Waals surface area contributed by atoms with Crippen molar-refractivity contribution in [3.8, 4) is 0 Å². The van der Waals surface area contributed by atoms with Gasteiger partial charge >= 0.3 is 0 Å². The fraction of sp³-hybridized carbons (Fsp3) is 0.111. The first-order chi connectivity index (χ1) is 6.24. The van der Waals surface area contributed by atoms with E-state index in [4.69, 9.17) is 5.84 Å². The molecule has 0 aromatic heterocycles. The third-order valence-electron chi connectivity index (χ3n) is 1.43. The molecule has 0 saturated heterocycles. The number of amidine groups is 1. The molecule has 0 bridgehead atoms. The minimum Gasteiger partial charge on any atom is -0.243 e. The summed E-state index contributed by atoms with van der Waals surface area (Å²) in [4.78, 5) is 3.78. The second-order valence-electron chi connectivity index (χ2n) is 2.52. The van der Waals surface area contributed by atoms with Crippen LogP contribution in [0.2, 0.25) is 0 Å². The minimum absolute atomic E-state index is 0.519. The largest absolute Gasteiger partial charge is 0.243 e. The lowest BCUT2D eigenvalue weighted by molar-refractivity contribution is 0.372. The first-order valence-corrected chi connectivity index (χ1v) is 3.83. The Morgan fingerprint density at radius 3 is 2.46 bits per heavy atom. The molecule has 0 fully saturated rings. The molecule has 68 valence electrons. The highest BCUT2D eigenvalue weighted by Gasteiger charge is 1.99. The molecule has 0 unspecified atom stereocenters. The molecule has 0 atom stereocenters. The van der Waals surface area contributed by atoms with Crippen molar-refractivity contribution in [1.82, 2.24) is 5.12 Å². The van der Waals surface area contributed by atoms with Crippen LogP contribution in [0.25, 0.3) is 0 Å².